The van der Waals surface area contributed by atoms with Crippen molar-refractivity contribution in [1.29, 1.82) is 0 Å². The molecule has 1 saturated heterocycles. The van der Waals surface area contributed by atoms with Gasteiger partial charge in [-0.3, -0.25) is 24.5 Å². The molecule has 0 unspecified atom stereocenters. The lowest BCUT2D eigenvalue weighted by atomic mass is 9.96. The number of anilines is 2. The van der Waals surface area contributed by atoms with E-state index in [1.807, 2.05) is 18.2 Å². The lowest BCUT2D eigenvalue weighted by molar-refractivity contribution is -0.128. The molecule has 2 aliphatic heterocycles. The van der Waals surface area contributed by atoms with Crippen molar-refractivity contribution in [1.82, 2.24) is 16.0 Å². The fourth-order valence-corrected chi connectivity index (χ4v) is 3.70. The number of rotatable bonds is 4. The Bertz CT molecular complexity index is 1090. The number of carbonyl (C=O) groups excluding carboxylic acids is 3. The summed E-state index contributed by atoms with van der Waals surface area (Å²) in [4.78, 5) is 59.9. The van der Waals surface area contributed by atoms with Crippen LogP contribution in [0.2, 0.25) is 0 Å². The molecule has 4 rings (SSSR count). The average molecular weight is 397 g/mol. The summed E-state index contributed by atoms with van der Waals surface area (Å²) in [7, 11) is 0. The number of fused-ring (bicyclic) bond motifs is 1. The smallest absolute Gasteiger partial charge is 0.322 e. The molecule has 0 aromatic heterocycles. The van der Waals surface area contributed by atoms with Gasteiger partial charge in [-0.2, -0.15) is 0 Å². The van der Waals surface area contributed by atoms with Gasteiger partial charge in [-0.15, -0.1) is 0 Å². The Labute approximate surface area is 164 Å². The molecule has 2 aromatic rings. The predicted molar refractivity (Wildman–Crippen MR) is 104 cm³/mol. The van der Waals surface area contributed by atoms with Crippen LogP contribution in [0.1, 0.15) is 23.1 Å². The molecule has 0 radical (unpaired) electrons. The largest absolute Gasteiger partial charge is 0.394 e. The van der Waals surface area contributed by atoms with E-state index >= 15 is 0 Å². The number of nitrogens with one attached hydrogen (secondary N) is 3. The van der Waals surface area contributed by atoms with Gasteiger partial charge in [0, 0.05) is 19.6 Å². The van der Waals surface area contributed by atoms with Crippen LogP contribution in [0.3, 0.4) is 0 Å². The number of nitrogens with zero attached hydrogens (tertiary/aromatic N) is 1. The molecular weight excluding hydrogens is 378 g/mol. The molecular formula is C19H19N5O5. The Balaban J connectivity index is 1.42. The van der Waals surface area contributed by atoms with Gasteiger partial charge in [0.25, 0.3) is 10.9 Å². The van der Waals surface area contributed by atoms with Crippen molar-refractivity contribution in [3.8, 4) is 0 Å². The number of nitrogen functional groups attached to an aromatic ring is 1. The van der Waals surface area contributed by atoms with Crippen molar-refractivity contribution < 1.29 is 14.4 Å². The van der Waals surface area contributed by atoms with Gasteiger partial charge in [-0.25, -0.2) is 4.79 Å². The van der Waals surface area contributed by atoms with Crippen molar-refractivity contribution in [3.05, 3.63) is 55.3 Å². The van der Waals surface area contributed by atoms with Gasteiger partial charge < -0.3 is 21.3 Å². The predicted octanol–water partition coefficient (Wildman–Crippen LogP) is -1.36. The second-order valence-electron chi connectivity index (χ2n) is 7.19. The summed E-state index contributed by atoms with van der Waals surface area (Å²) in [6, 6.07) is 4.20. The van der Waals surface area contributed by atoms with Gasteiger partial charge in [-0.1, -0.05) is 18.2 Å². The lowest BCUT2D eigenvalue weighted by Gasteiger charge is -2.32. The fraction of sp³-hybridized carbons (Fsp3) is 0.316. The van der Waals surface area contributed by atoms with E-state index in [2.05, 4.69) is 16.0 Å². The molecule has 0 spiro atoms. The van der Waals surface area contributed by atoms with Crippen LogP contribution >= 0.6 is 0 Å². The topological polar surface area (TPSA) is 151 Å². The number of amides is 4. The summed E-state index contributed by atoms with van der Waals surface area (Å²) < 4.78 is 0. The van der Waals surface area contributed by atoms with E-state index in [0.29, 0.717) is 19.5 Å². The van der Waals surface area contributed by atoms with Gasteiger partial charge >= 0.3 is 6.03 Å². The quantitative estimate of drug-likeness (QED) is 0.465. The van der Waals surface area contributed by atoms with E-state index in [0.717, 1.165) is 16.7 Å². The molecule has 2 aliphatic rings. The molecule has 2 aromatic carbocycles. The van der Waals surface area contributed by atoms with Gasteiger partial charge in [-0.05, 0) is 23.1 Å². The first kappa shape index (κ1) is 18.7. The molecule has 2 heterocycles. The van der Waals surface area contributed by atoms with Crippen LogP contribution in [0, 0.1) is 0 Å². The van der Waals surface area contributed by atoms with E-state index < -0.39 is 34.7 Å². The van der Waals surface area contributed by atoms with E-state index in [-0.39, 0.29) is 24.3 Å². The highest BCUT2D eigenvalue weighted by molar-refractivity contribution is 6.02. The minimum Gasteiger partial charge on any atom is -0.394 e. The Morgan fingerprint density at radius 3 is 2.69 bits per heavy atom. The second-order valence-corrected chi connectivity index (χ2v) is 7.19. The number of nitrogens with two attached hydrogens (primary N) is 1. The zero-order valence-electron chi connectivity index (χ0n) is 15.4. The minimum absolute atomic E-state index is 0.0143. The summed E-state index contributed by atoms with van der Waals surface area (Å²) in [5, 5.41) is 7.20. The summed E-state index contributed by atoms with van der Waals surface area (Å²) in [5.74, 6) is -0.940. The Hall–Kier alpha value is -3.69. The van der Waals surface area contributed by atoms with Crippen LogP contribution in [0.25, 0.3) is 0 Å². The third-order valence-corrected chi connectivity index (χ3v) is 5.25. The van der Waals surface area contributed by atoms with Crippen LogP contribution < -0.4 is 37.4 Å². The standard InChI is InChI=1S/C19H19N5O5/c20-14-15(17(27)16(14)26)24-4-3-10-2-1-9(5-11(10)8-24)7-21-18(28)12-6-13(25)23-19(29)22-12/h1-2,5,12H,3-4,6-8,20H2,(H,21,28)(H2,22,23,25,29)/t12-/m1/s1. The molecule has 29 heavy (non-hydrogen) atoms. The summed E-state index contributed by atoms with van der Waals surface area (Å²) >= 11 is 0. The number of hydrogen-bond donors (Lipinski definition) is 4. The van der Waals surface area contributed by atoms with Gasteiger partial charge in [0.1, 0.15) is 17.4 Å². The fourth-order valence-electron chi connectivity index (χ4n) is 3.70. The maximum atomic E-state index is 12.2. The lowest BCUT2D eigenvalue weighted by Crippen LogP contribution is -2.57. The first-order valence-corrected chi connectivity index (χ1v) is 9.16. The third kappa shape index (κ3) is 3.44. The zero-order chi connectivity index (χ0) is 20.7. The van der Waals surface area contributed by atoms with Crippen LogP contribution in [0.5, 0.6) is 0 Å². The maximum Gasteiger partial charge on any atom is 0.322 e. The number of carbonyl (C=O) groups is 3. The minimum atomic E-state index is -0.901. The first-order chi connectivity index (χ1) is 13.8. The van der Waals surface area contributed by atoms with Gasteiger partial charge in [0.2, 0.25) is 11.8 Å². The van der Waals surface area contributed by atoms with Gasteiger partial charge in [0.15, 0.2) is 0 Å². The highest BCUT2D eigenvalue weighted by Crippen LogP contribution is 2.26. The average Bonchev–Trinajstić information content (AvgIpc) is 2.70. The van der Waals surface area contributed by atoms with Crippen molar-refractivity contribution in [2.45, 2.75) is 32.0 Å². The number of imide groups is 1. The van der Waals surface area contributed by atoms with Gasteiger partial charge in [0.05, 0.1) is 6.42 Å². The number of benzene rings is 1. The Morgan fingerprint density at radius 2 is 1.97 bits per heavy atom. The Kier molecular flexibility index (Phi) is 4.53. The molecule has 5 N–H and O–H groups in total. The van der Waals surface area contributed by atoms with E-state index in [1.54, 1.807) is 4.90 Å². The molecule has 1 atom stereocenters. The summed E-state index contributed by atoms with van der Waals surface area (Å²) in [6.07, 6.45) is 0.601. The Morgan fingerprint density at radius 1 is 1.17 bits per heavy atom. The monoisotopic (exact) mass is 397 g/mol. The SMILES string of the molecule is Nc1c(N2CCc3ccc(CNC(=O)[C@H]4CC(=O)NC(=O)N4)cc3C2)c(=O)c1=O. The molecule has 4 amide bonds. The first-order valence-electron chi connectivity index (χ1n) is 9.16. The van der Waals surface area contributed by atoms with Crippen LogP contribution in [0.4, 0.5) is 16.2 Å². The molecule has 150 valence electrons. The van der Waals surface area contributed by atoms with E-state index in [9.17, 15) is 24.0 Å². The highest BCUT2D eigenvalue weighted by Gasteiger charge is 2.29. The summed E-state index contributed by atoms with van der Waals surface area (Å²) in [6.45, 7) is 1.27. The maximum absolute atomic E-state index is 12.2. The molecule has 10 heteroatoms. The summed E-state index contributed by atoms with van der Waals surface area (Å²) in [5.41, 5.74) is 7.74. The number of hydrogen-bond acceptors (Lipinski definition) is 7. The molecule has 1 fully saturated rings. The van der Waals surface area contributed by atoms with E-state index in [1.165, 1.54) is 0 Å². The van der Waals surface area contributed by atoms with Crippen molar-refractivity contribution >= 4 is 29.2 Å². The zero-order valence-corrected chi connectivity index (χ0v) is 15.4. The van der Waals surface area contributed by atoms with Crippen molar-refractivity contribution in [2.75, 3.05) is 17.2 Å². The molecule has 0 aliphatic carbocycles. The molecule has 0 bridgehead atoms. The highest BCUT2D eigenvalue weighted by atomic mass is 16.2. The normalized spacial score (nSPS) is 18.8. The third-order valence-electron chi connectivity index (χ3n) is 5.25. The van der Waals surface area contributed by atoms with Crippen LogP contribution in [0.15, 0.2) is 27.8 Å². The van der Waals surface area contributed by atoms with Crippen molar-refractivity contribution in [3.63, 3.8) is 0 Å². The van der Waals surface area contributed by atoms with Crippen LogP contribution in [-0.2, 0) is 29.1 Å². The number of urea groups is 1. The molecule has 10 nitrogen and oxygen atoms in total. The van der Waals surface area contributed by atoms with Crippen LogP contribution in [-0.4, -0.2) is 30.4 Å². The molecule has 0 saturated carbocycles. The second kappa shape index (κ2) is 7.04. The van der Waals surface area contributed by atoms with E-state index in [4.69, 9.17) is 5.73 Å². The van der Waals surface area contributed by atoms with Crippen molar-refractivity contribution in [2.24, 2.45) is 0 Å².